The summed E-state index contributed by atoms with van der Waals surface area (Å²) in [6.45, 7) is 2.09. The van der Waals surface area contributed by atoms with Crippen LogP contribution in [0.25, 0.3) is 0 Å². The smallest absolute Gasteiger partial charge is 0.0733 e. The highest BCUT2D eigenvalue weighted by Gasteiger charge is 2.27. The van der Waals surface area contributed by atoms with E-state index in [0.717, 1.165) is 24.8 Å². The molecule has 1 saturated heterocycles. The molecule has 0 radical (unpaired) electrons. The van der Waals surface area contributed by atoms with Crippen LogP contribution in [0.15, 0.2) is 18.2 Å². The fraction of sp³-hybridized carbons (Fsp3) is 0.538. The van der Waals surface area contributed by atoms with Crippen molar-refractivity contribution in [3.63, 3.8) is 0 Å². The van der Waals surface area contributed by atoms with Crippen molar-refractivity contribution in [3.8, 4) is 0 Å². The van der Waals surface area contributed by atoms with Gasteiger partial charge in [-0.2, -0.15) is 0 Å². The van der Waals surface area contributed by atoms with Gasteiger partial charge in [-0.05, 0) is 43.9 Å². The summed E-state index contributed by atoms with van der Waals surface area (Å²) in [7, 11) is 0. The molecule has 3 unspecified atom stereocenters. The Bertz CT molecular complexity index is 397. The van der Waals surface area contributed by atoms with Crippen molar-refractivity contribution in [1.82, 2.24) is 0 Å². The van der Waals surface area contributed by atoms with E-state index < -0.39 is 0 Å². The van der Waals surface area contributed by atoms with E-state index in [-0.39, 0.29) is 12.1 Å². The van der Waals surface area contributed by atoms with Crippen molar-refractivity contribution in [2.24, 2.45) is 5.73 Å². The quantitative estimate of drug-likeness (QED) is 0.916. The van der Waals surface area contributed by atoms with Crippen LogP contribution in [0, 0.1) is 0 Å². The lowest BCUT2D eigenvalue weighted by Gasteiger charge is -2.20. The molecule has 1 fully saturated rings. The summed E-state index contributed by atoms with van der Waals surface area (Å²) in [6.07, 6.45) is 3.33. The Morgan fingerprint density at radius 2 is 2.18 bits per heavy atom. The number of nitrogens with two attached hydrogens (primary N) is 1. The molecule has 0 amide bonds. The van der Waals surface area contributed by atoms with Gasteiger partial charge >= 0.3 is 0 Å². The minimum Gasteiger partial charge on any atom is -0.374 e. The van der Waals surface area contributed by atoms with Crippen LogP contribution >= 0.6 is 23.2 Å². The number of ether oxygens (including phenoxy) is 1. The van der Waals surface area contributed by atoms with Crippen LogP contribution < -0.4 is 5.73 Å². The molecule has 2 nitrogen and oxygen atoms in total. The number of rotatable bonds is 3. The maximum atomic E-state index is 6.16. The highest BCUT2D eigenvalue weighted by molar-refractivity contribution is 6.35. The SMILES string of the molecule is CC1CCC(C(N)Cc2ccc(Cl)cc2Cl)O1. The van der Waals surface area contributed by atoms with Gasteiger partial charge in [0, 0.05) is 16.1 Å². The minimum atomic E-state index is -0.00127. The van der Waals surface area contributed by atoms with Gasteiger partial charge in [-0.1, -0.05) is 29.3 Å². The maximum absolute atomic E-state index is 6.16. The maximum Gasteiger partial charge on any atom is 0.0733 e. The fourth-order valence-corrected chi connectivity index (χ4v) is 2.71. The topological polar surface area (TPSA) is 35.2 Å². The van der Waals surface area contributed by atoms with E-state index in [4.69, 9.17) is 33.7 Å². The van der Waals surface area contributed by atoms with Crippen LogP contribution in [0.1, 0.15) is 25.3 Å². The Hall–Kier alpha value is -0.280. The monoisotopic (exact) mass is 273 g/mol. The van der Waals surface area contributed by atoms with E-state index in [0.29, 0.717) is 16.1 Å². The van der Waals surface area contributed by atoms with E-state index in [1.54, 1.807) is 6.07 Å². The molecule has 1 aromatic carbocycles. The Labute approximate surface area is 112 Å². The third kappa shape index (κ3) is 3.35. The predicted molar refractivity (Wildman–Crippen MR) is 71.7 cm³/mol. The molecular weight excluding hydrogens is 257 g/mol. The standard InChI is InChI=1S/C13H17Cl2NO/c1-8-2-5-13(17-8)12(16)6-9-3-4-10(14)7-11(9)15/h3-4,7-8,12-13H,2,5-6,16H2,1H3. The third-order valence-corrected chi connectivity index (χ3v) is 3.80. The van der Waals surface area contributed by atoms with Crippen molar-refractivity contribution in [2.45, 2.75) is 44.4 Å². The van der Waals surface area contributed by atoms with Crippen LogP contribution in [0.3, 0.4) is 0 Å². The lowest BCUT2D eigenvalue weighted by Crippen LogP contribution is -2.36. The second-order valence-electron chi connectivity index (χ2n) is 4.67. The first-order valence-electron chi connectivity index (χ1n) is 5.91. The zero-order valence-electron chi connectivity index (χ0n) is 9.83. The molecule has 1 aromatic rings. The first kappa shape index (κ1) is 13.2. The summed E-state index contributed by atoms with van der Waals surface area (Å²) < 4.78 is 5.76. The number of benzene rings is 1. The van der Waals surface area contributed by atoms with Gasteiger partial charge < -0.3 is 10.5 Å². The van der Waals surface area contributed by atoms with Gasteiger partial charge in [0.2, 0.25) is 0 Å². The second-order valence-corrected chi connectivity index (χ2v) is 5.51. The minimum absolute atomic E-state index is 0.00127. The highest BCUT2D eigenvalue weighted by Crippen LogP contribution is 2.26. The van der Waals surface area contributed by atoms with Crippen LogP contribution in [0.4, 0.5) is 0 Å². The van der Waals surface area contributed by atoms with Gasteiger partial charge in [-0.3, -0.25) is 0 Å². The summed E-state index contributed by atoms with van der Waals surface area (Å²) in [5.41, 5.74) is 7.20. The summed E-state index contributed by atoms with van der Waals surface area (Å²) in [5, 5.41) is 1.33. The van der Waals surface area contributed by atoms with Crippen LogP contribution in [-0.4, -0.2) is 18.2 Å². The molecule has 0 spiro atoms. The van der Waals surface area contributed by atoms with Gasteiger partial charge in [0.25, 0.3) is 0 Å². The van der Waals surface area contributed by atoms with Crippen LogP contribution in [-0.2, 0) is 11.2 Å². The molecule has 3 atom stereocenters. The summed E-state index contributed by atoms with van der Waals surface area (Å²) in [6, 6.07) is 5.53. The third-order valence-electron chi connectivity index (χ3n) is 3.21. The average Bonchev–Trinajstić information content (AvgIpc) is 2.69. The van der Waals surface area contributed by atoms with Crippen LogP contribution in [0.5, 0.6) is 0 Å². The highest BCUT2D eigenvalue weighted by atomic mass is 35.5. The fourth-order valence-electron chi connectivity index (χ4n) is 2.22. The molecule has 0 bridgehead atoms. The lowest BCUT2D eigenvalue weighted by atomic mass is 10.00. The van der Waals surface area contributed by atoms with Gasteiger partial charge in [0.05, 0.1) is 12.2 Å². The molecule has 0 saturated carbocycles. The van der Waals surface area contributed by atoms with Gasteiger partial charge in [-0.25, -0.2) is 0 Å². The number of halogens is 2. The molecule has 2 N–H and O–H groups in total. The predicted octanol–water partition coefficient (Wildman–Crippen LogP) is 3.43. The number of hydrogen-bond donors (Lipinski definition) is 1. The van der Waals surface area contributed by atoms with Crippen molar-refractivity contribution >= 4 is 23.2 Å². The molecule has 17 heavy (non-hydrogen) atoms. The molecule has 0 aromatic heterocycles. The van der Waals surface area contributed by atoms with E-state index in [2.05, 4.69) is 6.92 Å². The van der Waals surface area contributed by atoms with Crippen molar-refractivity contribution in [3.05, 3.63) is 33.8 Å². The van der Waals surface area contributed by atoms with Crippen LogP contribution in [0.2, 0.25) is 10.0 Å². The van der Waals surface area contributed by atoms with Gasteiger partial charge in [-0.15, -0.1) is 0 Å². The first-order valence-corrected chi connectivity index (χ1v) is 6.67. The van der Waals surface area contributed by atoms with E-state index in [1.807, 2.05) is 12.1 Å². The van der Waals surface area contributed by atoms with E-state index >= 15 is 0 Å². The summed E-state index contributed by atoms with van der Waals surface area (Å²) in [5.74, 6) is 0. The molecule has 94 valence electrons. The number of hydrogen-bond acceptors (Lipinski definition) is 2. The Balaban J connectivity index is 2.00. The molecule has 1 aliphatic rings. The van der Waals surface area contributed by atoms with Crippen molar-refractivity contribution in [1.29, 1.82) is 0 Å². The lowest BCUT2D eigenvalue weighted by molar-refractivity contribution is 0.0404. The first-order chi connectivity index (χ1) is 8.06. The van der Waals surface area contributed by atoms with Crippen molar-refractivity contribution in [2.75, 3.05) is 0 Å². The summed E-state index contributed by atoms with van der Waals surface area (Å²) in [4.78, 5) is 0. The molecule has 0 aliphatic carbocycles. The normalized spacial score (nSPS) is 26.1. The van der Waals surface area contributed by atoms with E-state index in [1.165, 1.54) is 0 Å². The molecule has 2 rings (SSSR count). The zero-order valence-corrected chi connectivity index (χ0v) is 11.3. The average molecular weight is 274 g/mol. The Morgan fingerprint density at radius 1 is 1.41 bits per heavy atom. The molecule has 4 heteroatoms. The Kier molecular flexibility index (Phi) is 4.31. The molecule has 1 aliphatic heterocycles. The van der Waals surface area contributed by atoms with Crippen molar-refractivity contribution < 1.29 is 4.74 Å². The van der Waals surface area contributed by atoms with Gasteiger partial charge in [0.15, 0.2) is 0 Å². The summed E-state index contributed by atoms with van der Waals surface area (Å²) >= 11 is 12.0. The second kappa shape index (κ2) is 5.57. The van der Waals surface area contributed by atoms with Gasteiger partial charge in [0.1, 0.15) is 0 Å². The largest absolute Gasteiger partial charge is 0.374 e. The van der Waals surface area contributed by atoms with E-state index in [9.17, 15) is 0 Å². The zero-order chi connectivity index (χ0) is 12.4. The Morgan fingerprint density at radius 3 is 2.76 bits per heavy atom. The molecular formula is C13H17Cl2NO. The molecule has 1 heterocycles.